The fraction of sp³-hybridized carbons (Fsp3) is 0.333. The molecule has 0 unspecified atom stereocenters. The van der Waals surface area contributed by atoms with Crippen LogP contribution in [0.4, 0.5) is 0 Å². The highest BCUT2D eigenvalue weighted by Crippen LogP contribution is 2.20. The SMILES string of the molecule is CCc1cccc2c(/C=N\NC(=S)NCCOC)c[nH]c12. The first-order valence-corrected chi connectivity index (χ1v) is 7.32. The third-order valence-electron chi connectivity index (χ3n) is 3.18. The molecule has 3 N–H and O–H groups in total. The number of nitrogens with zero attached hydrogens (tertiary/aromatic N) is 1. The second-order valence-corrected chi connectivity index (χ2v) is 4.96. The lowest BCUT2D eigenvalue weighted by atomic mass is 10.1. The van der Waals surface area contributed by atoms with Crippen LogP contribution in [-0.2, 0) is 11.2 Å². The van der Waals surface area contributed by atoms with Gasteiger partial charge in [0.05, 0.1) is 12.8 Å². The van der Waals surface area contributed by atoms with Gasteiger partial charge in [0, 0.05) is 36.3 Å². The number of hydrazone groups is 1. The maximum absolute atomic E-state index is 5.10. The molecule has 0 atom stereocenters. The van der Waals surface area contributed by atoms with Crippen molar-refractivity contribution in [2.45, 2.75) is 13.3 Å². The summed E-state index contributed by atoms with van der Waals surface area (Å²) >= 11 is 5.10. The van der Waals surface area contributed by atoms with Gasteiger partial charge in [-0.1, -0.05) is 25.1 Å². The Kier molecular flexibility index (Phi) is 5.71. The highest BCUT2D eigenvalue weighted by atomic mass is 32.1. The average Bonchev–Trinajstić information content (AvgIpc) is 2.91. The number of aromatic amines is 1. The Morgan fingerprint density at radius 1 is 1.48 bits per heavy atom. The van der Waals surface area contributed by atoms with Crippen LogP contribution >= 0.6 is 12.2 Å². The van der Waals surface area contributed by atoms with Crippen molar-refractivity contribution in [1.29, 1.82) is 0 Å². The minimum Gasteiger partial charge on any atom is -0.383 e. The smallest absolute Gasteiger partial charge is 0.187 e. The molecule has 0 bridgehead atoms. The van der Waals surface area contributed by atoms with Crippen LogP contribution in [0, 0.1) is 0 Å². The zero-order valence-electron chi connectivity index (χ0n) is 12.3. The Morgan fingerprint density at radius 2 is 2.33 bits per heavy atom. The molecule has 1 aromatic heterocycles. The number of aryl methyl sites for hydroxylation is 1. The molecule has 6 heteroatoms. The van der Waals surface area contributed by atoms with Crippen molar-refractivity contribution in [3.63, 3.8) is 0 Å². The second kappa shape index (κ2) is 7.75. The summed E-state index contributed by atoms with van der Waals surface area (Å²) in [6.07, 6.45) is 4.72. The monoisotopic (exact) mass is 304 g/mol. The predicted molar refractivity (Wildman–Crippen MR) is 90.9 cm³/mol. The van der Waals surface area contributed by atoms with Gasteiger partial charge in [-0.3, -0.25) is 5.43 Å². The number of ether oxygens (including phenoxy) is 1. The van der Waals surface area contributed by atoms with Crippen LogP contribution in [0.25, 0.3) is 10.9 Å². The summed E-state index contributed by atoms with van der Waals surface area (Å²) in [4.78, 5) is 3.30. The Morgan fingerprint density at radius 3 is 3.10 bits per heavy atom. The van der Waals surface area contributed by atoms with E-state index in [1.165, 1.54) is 11.1 Å². The summed E-state index contributed by atoms with van der Waals surface area (Å²) < 4.78 is 4.93. The van der Waals surface area contributed by atoms with Gasteiger partial charge in [-0.15, -0.1) is 0 Å². The highest BCUT2D eigenvalue weighted by molar-refractivity contribution is 7.80. The van der Waals surface area contributed by atoms with E-state index in [-0.39, 0.29) is 0 Å². The molecule has 2 rings (SSSR count). The van der Waals surface area contributed by atoms with Crippen molar-refractivity contribution >= 4 is 34.4 Å². The Hall–Kier alpha value is -1.92. The van der Waals surface area contributed by atoms with Crippen LogP contribution in [0.3, 0.4) is 0 Å². The number of rotatable bonds is 6. The molecular formula is C15H20N4OS. The fourth-order valence-electron chi connectivity index (χ4n) is 2.11. The quantitative estimate of drug-likeness (QED) is 0.331. The first kappa shape index (κ1) is 15.5. The zero-order chi connectivity index (χ0) is 15.1. The van der Waals surface area contributed by atoms with E-state index in [0.29, 0.717) is 18.3 Å². The highest BCUT2D eigenvalue weighted by Gasteiger charge is 2.04. The van der Waals surface area contributed by atoms with Gasteiger partial charge in [0.2, 0.25) is 0 Å². The molecule has 0 saturated carbocycles. The predicted octanol–water partition coefficient (Wildman–Crippen LogP) is 2.17. The molecule has 21 heavy (non-hydrogen) atoms. The number of nitrogens with one attached hydrogen (secondary N) is 3. The maximum atomic E-state index is 5.10. The van der Waals surface area contributed by atoms with Gasteiger partial charge in [0.15, 0.2) is 5.11 Å². The first-order valence-electron chi connectivity index (χ1n) is 6.91. The number of H-pyrrole nitrogens is 1. The summed E-state index contributed by atoms with van der Waals surface area (Å²) in [6.45, 7) is 3.41. The molecule has 0 aliphatic rings. The average molecular weight is 304 g/mol. The van der Waals surface area contributed by atoms with E-state index in [0.717, 1.165) is 17.4 Å². The van der Waals surface area contributed by atoms with Crippen LogP contribution in [0.15, 0.2) is 29.5 Å². The second-order valence-electron chi connectivity index (χ2n) is 4.56. The lowest BCUT2D eigenvalue weighted by Crippen LogP contribution is -2.34. The summed E-state index contributed by atoms with van der Waals surface area (Å²) in [5, 5.41) is 8.80. The zero-order valence-corrected chi connectivity index (χ0v) is 13.1. The molecule has 2 aromatic rings. The van der Waals surface area contributed by atoms with Gasteiger partial charge in [-0.2, -0.15) is 5.10 Å². The topological polar surface area (TPSA) is 61.4 Å². The maximum Gasteiger partial charge on any atom is 0.187 e. The molecule has 0 spiro atoms. The van der Waals surface area contributed by atoms with E-state index in [4.69, 9.17) is 17.0 Å². The number of hydrogen-bond donors (Lipinski definition) is 3. The summed E-state index contributed by atoms with van der Waals surface area (Å²) in [7, 11) is 1.65. The van der Waals surface area contributed by atoms with Crippen molar-refractivity contribution in [1.82, 2.24) is 15.7 Å². The van der Waals surface area contributed by atoms with Crippen LogP contribution in [-0.4, -0.2) is 36.6 Å². The molecule has 112 valence electrons. The lowest BCUT2D eigenvalue weighted by molar-refractivity contribution is 0.204. The number of hydrogen-bond acceptors (Lipinski definition) is 3. The summed E-state index contributed by atoms with van der Waals surface area (Å²) in [6, 6.07) is 6.28. The molecule has 0 saturated heterocycles. The Balaban J connectivity index is 2.00. The van der Waals surface area contributed by atoms with Gasteiger partial charge in [0.1, 0.15) is 0 Å². The first-order chi connectivity index (χ1) is 10.3. The molecule has 1 heterocycles. The molecular weight excluding hydrogens is 284 g/mol. The minimum absolute atomic E-state index is 0.484. The molecule has 0 aliphatic heterocycles. The molecule has 0 amide bonds. The number of para-hydroxylation sites is 1. The van der Waals surface area contributed by atoms with Crippen LogP contribution in [0.2, 0.25) is 0 Å². The van der Waals surface area contributed by atoms with E-state index in [1.807, 2.05) is 6.20 Å². The van der Waals surface area contributed by atoms with Crippen molar-refractivity contribution in [3.8, 4) is 0 Å². The third-order valence-corrected chi connectivity index (χ3v) is 3.41. The Labute approximate surface area is 129 Å². The van der Waals surface area contributed by atoms with Gasteiger partial charge in [-0.05, 0) is 24.2 Å². The van der Waals surface area contributed by atoms with E-state index >= 15 is 0 Å². The van der Waals surface area contributed by atoms with Gasteiger partial charge < -0.3 is 15.0 Å². The van der Waals surface area contributed by atoms with Crippen LogP contribution < -0.4 is 10.7 Å². The Bertz CT molecular complexity index is 636. The third kappa shape index (κ3) is 4.03. The number of aromatic nitrogens is 1. The van der Waals surface area contributed by atoms with Gasteiger partial charge >= 0.3 is 0 Å². The van der Waals surface area contributed by atoms with Crippen LogP contribution in [0.1, 0.15) is 18.1 Å². The van der Waals surface area contributed by atoms with Crippen molar-refractivity contribution < 1.29 is 4.74 Å². The van der Waals surface area contributed by atoms with E-state index in [2.05, 4.69) is 46.0 Å². The fourth-order valence-corrected chi connectivity index (χ4v) is 2.26. The van der Waals surface area contributed by atoms with Crippen LogP contribution in [0.5, 0.6) is 0 Å². The van der Waals surface area contributed by atoms with E-state index in [9.17, 15) is 0 Å². The molecule has 5 nitrogen and oxygen atoms in total. The minimum atomic E-state index is 0.484. The molecule has 0 radical (unpaired) electrons. The van der Waals surface area contributed by atoms with Crippen molar-refractivity contribution in [2.75, 3.05) is 20.3 Å². The summed E-state index contributed by atoms with van der Waals surface area (Å²) in [5.41, 5.74) is 6.30. The van der Waals surface area contributed by atoms with Crippen molar-refractivity contribution in [2.24, 2.45) is 5.10 Å². The summed E-state index contributed by atoms with van der Waals surface area (Å²) in [5.74, 6) is 0. The molecule has 0 fully saturated rings. The van der Waals surface area contributed by atoms with E-state index in [1.54, 1.807) is 13.3 Å². The van der Waals surface area contributed by atoms with E-state index < -0.39 is 0 Å². The number of benzene rings is 1. The van der Waals surface area contributed by atoms with Crippen molar-refractivity contribution in [3.05, 3.63) is 35.5 Å². The number of methoxy groups -OCH3 is 1. The molecule has 0 aliphatic carbocycles. The largest absolute Gasteiger partial charge is 0.383 e. The molecule has 1 aromatic carbocycles. The lowest BCUT2D eigenvalue weighted by Gasteiger charge is -2.05. The van der Waals surface area contributed by atoms with Gasteiger partial charge in [-0.25, -0.2) is 0 Å². The number of thiocarbonyl (C=S) groups is 1. The number of fused-ring (bicyclic) bond motifs is 1. The normalized spacial score (nSPS) is 11.1. The van der Waals surface area contributed by atoms with Gasteiger partial charge in [0.25, 0.3) is 0 Å². The standard InChI is InChI=1S/C15H20N4OS/c1-3-11-5-4-6-13-12(9-17-14(11)13)10-18-19-15(21)16-7-8-20-2/h4-6,9-10,17H,3,7-8H2,1-2H3,(H2,16,19,21)/b18-10-.